The standard InChI is InChI=1S/C15H18O5S/c1-18-10(4-5-15(16)17)14-7-9-6-11(19-2)12(20-3)8-13(9)21-14/h6-8,10H,4-5H2,1-3H3,(H,16,17). The number of methoxy groups -OCH3 is 3. The minimum absolute atomic E-state index is 0.0827. The van der Waals surface area contributed by atoms with Crippen molar-refractivity contribution < 1.29 is 24.1 Å². The van der Waals surface area contributed by atoms with E-state index in [1.54, 1.807) is 32.7 Å². The van der Waals surface area contributed by atoms with E-state index in [0.29, 0.717) is 17.9 Å². The molecule has 1 unspecified atom stereocenters. The molecule has 1 aromatic heterocycles. The fraction of sp³-hybridized carbons (Fsp3) is 0.400. The van der Waals surface area contributed by atoms with Crippen LogP contribution >= 0.6 is 11.3 Å². The van der Waals surface area contributed by atoms with Crippen molar-refractivity contribution in [2.75, 3.05) is 21.3 Å². The SMILES string of the molecule is COc1cc2cc(C(CCC(=O)O)OC)sc2cc1OC. The molecule has 0 saturated heterocycles. The first-order valence-corrected chi connectivity index (χ1v) is 7.30. The molecule has 1 N–H and O–H groups in total. The van der Waals surface area contributed by atoms with Gasteiger partial charge in [-0.2, -0.15) is 0 Å². The van der Waals surface area contributed by atoms with Crippen molar-refractivity contribution in [1.82, 2.24) is 0 Å². The number of hydrogen-bond donors (Lipinski definition) is 1. The summed E-state index contributed by atoms with van der Waals surface area (Å²) in [5, 5.41) is 9.83. The molecule has 1 heterocycles. The van der Waals surface area contributed by atoms with E-state index in [1.165, 1.54) is 0 Å². The number of ether oxygens (including phenoxy) is 3. The lowest BCUT2D eigenvalue weighted by atomic mass is 10.1. The molecule has 1 aromatic carbocycles. The van der Waals surface area contributed by atoms with E-state index in [9.17, 15) is 4.79 Å². The summed E-state index contributed by atoms with van der Waals surface area (Å²) in [6.45, 7) is 0. The van der Waals surface area contributed by atoms with Gasteiger partial charge in [0, 0.05) is 29.2 Å². The molecule has 21 heavy (non-hydrogen) atoms. The zero-order valence-corrected chi connectivity index (χ0v) is 13.0. The zero-order chi connectivity index (χ0) is 15.4. The summed E-state index contributed by atoms with van der Waals surface area (Å²) >= 11 is 1.58. The molecule has 0 aliphatic heterocycles. The van der Waals surface area contributed by atoms with Gasteiger partial charge in [0.2, 0.25) is 0 Å². The van der Waals surface area contributed by atoms with Crippen LogP contribution in [0.3, 0.4) is 0 Å². The molecule has 2 rings (SSSR count). The Hall–Kier alpha value is -1.79. The van der Waals surface area contributed by atoms with Crippen molar-refractivity contribution in [2.24, 2.45) is 0 Å². The maximum atomic E-state index is 10.7. The maximum Gasteiger partial charge on any atom is 0.303 e. The highest BCUT2D eigenvalue weighted by atomic mass is 32.1. The molecular formula is C15H18O5S. The molecule has 0 radical (unpaired) electrons. The van der Waals surface area contributed by atoms with Crippen LogP contribution in [0.4, 0.5) is 0 Å². The van der Waals surface area contributed by atoms with Gasteiger partial charge in [-0.3, -0.25) is 4.79 Å². The second kappa shape index (κ2) is 6.78. The number of hydrogen-bond acceptors (Lipinski definition) is 5. The molecule has 2 aromatic rings. The highest BCUT2D eigenvalue weighted by molar-refractivity contribution is 7.19. The number of benzene rings is 1. The number of thiophene rings is 1. The molecule has 114 valence electrons. The van der Waals surface area contributed by atoms with Gasteiger partial charge in [0.15, 0.2) is 11.5 Å². The molecule has 0 spiro atoms. The molecule has 0 aliphatic carbocycles. The first-order valence-electron chi connectivity index (χ1n) is 6.49. The molecule has 0 amide bonds. The van der Waals surface area contributed by atoms with E-state index in [1.807, 2.05) is 18.2 Å². The van der Waals surface area contributed by atoms with Crippen molar-refractivity contribution in [2.45, 2.75) is 18.9 Å². The lowest BCUT2D eigenvalue weighted by Crippen LogP contribution is -2.03. The molecule has 0 fully saturated rings. The Kier molecular flexibility index (Phi) is 5.03. The first-order chi connectivity index (χ1) is 10.1. The third kappa shape index (κ3) is 3.46. The Morgan fingerprint density at radius 2 is 1.86 bits per heavy atom. The summed E-state index contributed by atoms with van der Waals surface area (Å²) in [4.78, 5) is 11.7. The van der Waals surface area contributed by atoms with Crippen LogP contribution in [-0.4, -0.2) is 32.4 Å². The van der Waals surface area contributed by atoms with Crippen LogP contribution in [0.25, 0.3) is 10.1 Å². The number of aliphatic carboxylic acids is 1. The zero-order valence-electron chi connectivity index (χ0n) is 12.2. The smallest absolute Gasteiger partial charge is 0.303 e. The Bertz CT molecular complexity index is 593. The van der Waals surface area contributed by atoms with E-state index < -0.39 is 5.97 Å². The summed E-state index contributed by atoms with van der Waals surface area (Å²) in [6, 6.07) is 5.85. The highest BCUT2D eigenvalue weighted by Gasteiger charge is 2.17. The van der Waals surface area contributed by atoms with E-state index in [2.05, 4.69) is 0 Å². The molecule has 0 saturated carbocycles. The van der Waals surface area contributed by atoms with Crippen LogP contribution in [0, 0.1) is 0 Å². The minimum Gasteiger partial charge on any atom is -0.493 e. The van der Waals surface area contributed by atoms with Crippen LogP contribution in [-0.2, 0) is 9.53 Å². The van der Waals surface area contributed by atoms with Crippen molar-refractivity contribution in [3.8, 4) is 11.5 Å². The van der Waals surface area contributed by atoms with Crippen LogP contribution in [0.5, 0.6) is 11.5 Å². The third-order valence-electron chi connectivity index (χ3n) is 3.26. The molecule has 6 heteroatoms. The van der Waals surface area contributed by atoms with Gasteiger partial charge in [0.1, 0.15) is 0 Å². The Morgan fingerprint density at radius 3 is 2.43 bits per heavy atom. The van der Waals surface area contributed by atoms with Crippen LogP contribution in [0.15, 0.2) is 18.2 Å². The normalized spacial score (nSPS) is 12.3. The average Bonchev–Trinajstić information content (AvgIpc) is 2.88. The summed E-state index contributed by atoms with van der Waals surface area (Å²) in [6.07, 6.45) is 0.322. The van der Waals surface area contributed by atoms with Gasteiger partial charge >= 0.3 is 5.97 Å². The minimum atomic E-state index is -0.818. The average molecular weight is 310 g/mol. The fourth-order valence-electron chi connectivity index (χ4n) is 2.18. The lowest BCUT2D eigenvalue weighted by Gasteiger charge is -2.11. The second-order valence-corrected chi connectivity index (χ2v) is 5.67. The van der Waals surface area contributed by atoms with Crippen LogP contribution < -0.4 is 9.47 Å². The third-order valence-corrected chi connectivity index (χ3v) is 4.45. The summed E-state index contributed by atoms with van der Waals surface area (Å²) in [5.41, 5.74) is 0. The molecule has 5 nitrogen and oxygen atoms in total. The molecular weight excluding hydrogens is 292 g/mol. The number of carboxylic acid groups (broad SMARTS) is 1. The van der Waals surface area contributed by atoms with Gasteiger partial charge in [0.05, 0.1) is 20.3 Å². The predicted octanol–water partition coefficient (Wildman–Crippen LogP) is 3.47. The summed E-state index contributed by atoms with van der Waals surface area (Å²) in [7, 11) is 4.79. The van der Waals surface area contributed by atoms with Crippen LogP contribution in [0.1, 0.15) is 23.8 Å². The summed E-state index contributed by atoms with van der Waals surface area (Å²) < 4.78 is 17.1. The maximum absolute atomic E-state index is 10.7. The first kappa shape index (κ1) is 15.6. The summed E-state index contributed by atoms with van der Waals surface area (Å²) in [5.74, 6) is 0.535. The van der Waals surface area contributed by atoms with Crippen molar-refractivity contribution in [1.29, 1.82) is 0 Å². The van der Waals surface area contributed by atoms with E-state index >= 15 is 0 Å². The quantitative estimate of drug-likeness (QED) is 0.848. The van der Waals surface area contributed by atoms with Gasteiger partial charge in [-0.05, 0) is 23.9 Å². The van der Waals surface area contributed by atoms with E-state index in [0.717, 1.165) is 15.0 Å². The second-order valence-electron chi connectivity index (χ2n) is 4.55. The fourth-order valence-corrected chi connectivity index (χ4v) is 3.36. The lowest BCUT2D eigenvalue weighted by molar-refractivity contribution is -0.137. The van der Waals surface area contributed by atoms with Crippen molar-refractivity contribution in [3.05, 3.63) is 23.1 Å². The van der Waals surface area contributed by atoms with Gasteiger partial charge in [0.25, 0.3) is 0 Å². The Morgan fingerprint density at radius 1 is 1.19 bits per heavy atom. The predicted molar refractivity (Wildman–Crippen MR) is 81.5 cm³/mol. The number of carboxylic acids is 1. The molecule has 0 bridgehead atoms. The number of rotatable bonds is 7. The Labute approximate surface area is 127 Å². The molecule has 1 atom stereocenters. The van der Waals surface area contributed by atoms with Gasteiger partial charge in [-0.15, -0.1) is 11.3 Å². The van der Waals surface area contributed by atoms with Crippen molar-refractivity contribution in [3.63, 3.8) is 0 Å². The number of carbonyl (C=O) groups is 1. The monoisotopic (exact) mass is 310 g/mol. The topological polar surface area (TPSA) is 65.0 Å². The molecule has 0 aliphatic rings. The van der Waals surface area contributed by atoms with Gasteiger partial charge in [-0.1, -0.05) is 0 Å². The number of fused-ring (bicyclic) bond motifs is 1. The van der Waals surface area contributed by atoms with Crippen LogP contribution in [0.2, 0.25) is 0 Å². The Balaban J connectivity index is 2.34. The largest absolute Gasteiger partial charge is 0.493 e. The van der Waals surface area contributed by atoms with Crippen molar-refractivity contribution >= 4 is 27.4 Å². The van der Waals surface area contributed by atoms with Gasteiger partial charge in [-0.25, -0.2) is 0 Å². The van der Waals surface area contributed by atoms with E-state index in [4.69, 9.17) is 19.3 Å². The van der Waals surface area contributed by atoms with E-state index in [-0.39, 0.29) is 12.5 Å². The van der Waals surface area contributed by atoms with Gasteiger partial charge < -0.3 is 19.3 Å². The highest BCUT2D eigenvalue weighted by Crippen LogP contribution is 2.39.